The van der Waals surface area contributed by atoms with Crippen molar-refractivity contribution in [2.24, 2.45) is 5.92 Å². The van der Waals surface area contributed by atoms with Crippen LogP contribution >= 0.6 is 0 Å². The highest BCUT2D eigenvalue weighted by Crippen LogP contribution is 2.25. The average Bonchev–Trinajstić information content (AvgIpc) is 2.37. The lowest BCUT2D eigenvalue weighted by molar-refractivity contribution is 0.0313. The molecule has 21 heavy (non-hydrogen) atoms. The Morgan fingerprint density at radius 2 is 1.33 bits per heavy atom. The van der Waals surface area contributed by atoms with E-state index in [4.69, 9.17) is 0 Å². The summed E-state index contributed by atoms with van der Waals surface area (Å²) in [5.41, 5.74) is 0.670. The zero-order valence-electron chi connectivity index (χ0n) is 15.3. The molecule has 0 N–H and O–H groups in total. The van der Waals surface area contributed by atoms with E-state index in [1.807, 2.05) is 0 Å². The topological polar surface area (TPSA) is 9.72 Å². The van der Waals surface area contributed by atoms with Gasteiger partial charge in [0, 0.05) is 50.3 Å². The summed E-state index contributed by atoms with van der Waals surface area (Å²) < 4.78 is 0. The van der Waals surface area contributed by atoms with Crippen molar-refractivity contribution in [1.82, 2.24) is 14.7 Å². The fourth-order valence-corrected chi connectivity index (χ4v) is 3.79. The van der Waals surface area contributed by atoms with E-state index in [9.17, 15) is 0 Å². The van der Waals surface area contributed by atoms with Crippen LogP contribution in [-0.2, 0) is 0 Å². The van der Waals surface area contributed by atoms with Crippen LogP contribution in [0.4, 0.5) is 0 Å². The first kappa shape index (κ1) is 17.2. The molecule has 2 fully saturated rings. The van der Waals surface area contributed by atoms with Crippen molar-refractivity contribution in [2.45, 2.75) is 65.5 Å². The average molecular weight is 296 g/mol. The van der Waals surface area contributed by atoms with Crippen molar-refractivity contribution in [3.8, 4) is 0 Å². The van der Waals surface area contributed by atoms with Gasteiger partial charge in [0.05, 0.1) is 0 Å². The Morgan fingerprint density at radius 1 is 0.762 bits per heavy atom. The molecule has 0 aromatic carbocycles. The van der Waals surface area contributed by atoms with Crippen LogP contribution in [0, 0.1) is 5.92 Å². The van der Waals surface area contributed by atoms with E-state index in [0.717, 1.165) is 5.92 Å². The van der Waals surface area contributed by atoms with Gasteiger partial charge in [0.25, 0.3) is 0 Å². The van der Waals surface area contributed by atoms with Gasteiger partial charge in [-0.25, -0.2) is 0 Å². The maximum absolute atomic E-state index is 2.71. The lowest BCUT2D eigenvalue weighted by Gasteiger charge is -2.45. The highest BCUT2D eigenvalue weighted by molar-refractivity contribution is 4.86. The number of rotatable bonds is 2. The number of likely N-dealkylation sites (tertiary alicyclic amines) is 1. The Morgan fingerprint density at radius 3 is 1.86 bits per heavy atom. The second-order valence-corrected chi connectivity index (χ2v) is 9.08. The van der Waals surface area contributed by atoms with E-state index in [-0.39, 0.29) is 0 Å². The summed E-state index contributed by atoms with van der Waals surface area (Å²) in [4.78, 5) is 8.03. The standard InChI is InChI=1S/C18H37N3/c1-17(2,3)20-12-10-19(11-13-20)14-16-8-7-9-21(15-16)18(4,5)6/h16H,7-15H2,1-6H3/t16-/m1/s1. The van der Waals surface area contributed by atoms with Crippen molar-refractivity contribution in [3.63, 3.8) is 0 Å². The molecule has 0 unspecified atom stereocenters. The van der Waals surface area contributed by atoms with E-state index in [1.54, 1.807) is 0 Å². The lowest BCUT2D eigenvalue weighted by atomic mass is 9.92. The van der Waals surface area contributed by atoms with Gasteiger partial charge in [0.1, 0.15) is 0 Å². The second-order valence-electron chi connectivity index (χ2n) is 9.08. The van der Waals surface area contributed by atoms with Gasteiger partial charge in [-0.3, -0.25) is 9.80 Å². The molecule has 124 valence electrons. The molecule has 3 nitrogen and oxygen atoms in total. The molecule has 0 radical (unpaired) electrons. The number of piperazine rings is 1. The predicted octanol–water partition coefficient (Wildman–Crippen LogP) is 2.91. The van der Waals surface area contributed by atoms with E-state index in [2.05, 4.69) is 56.2 Å². The van der Waals surface area contributed by atoms with Crippen molar-refractivity contribution < 1.29 is 0 Å². The molecule has 0 amide bonds. The van der Waals surface area contributed by atoms with Crippen LogP contribution in [0.25, 0.3) is 0 Å². The number of hydrogen-bond acceptors (Lipinski definition) is 3. The summed E-state index contributed by atoms with van der Waals surface area (Å²) >= 11 is 0. The van der Waals surface area contributed by atoms with Crippen LogP contribution < -0.4 is 0 Å². The Labute approximate surface area is 132 Å². The Balaban J connectivity index is 1.78. The fourth-order valence-electron chi connectivity index (χ4n) is 3.79. The van der Waals surface area contributed by atoms with Gasteiger partial charge >= 0.3 is 0 Å². The van der Waals surface area contributed by atoms with E-state index in [0.29, 0.717) is 11.1 Å². The first-order valence-corrected chi connectivity index (χ1v) is 8.89. The smallest absolute Gasteiger partial charge is 0.0126 e. The molecule has 0 bridgehead atoms. The molecule has 3 heteroatoms. The summed E-state index contributed by atoms with van der Waals surface area (Å²) in [5, 5.41) is 0. The van der Waals surface area contributed by atoms with Gasteiger partial charge in [-0.2, -0.15) is 0 Å². The minimum absolute atomic E-state index is 0.333. The third-order valence-electron chi connectivity index (χ3n) is 5.31. The summed E-state index contributed by atoms with van der Waals surface area (Å²) in [5.74, 6) is 0.874. The summed E-state index contributed by atoms with van der Waals surface area (Å²) in [7, 11) is 0. The van der Waals surface area contributed by atoms with Crippen LogP contribution in [0.2, 0.25) is 0 Å². The fraction of sp³-hybridized carbons (Fsp3) is 1.00. The molecule has 1 atom stereocenters. The highest BCUT2D eigenvalue weighted by atomic mass is 15.3. The number of hydrogen-bond donors (Lipinski definition) is 0. The molecule has 0 spiro atoms. The van der Waals surface area contributed by atoms with Gasteiger partial charge < -0.3 is 4.90 Å². The quantitative estimate of drug-likeness (QED) is 0.775. The Bertz CT molecular complexity index is 318. The van der Waals surface area contributed by atoms with Gasteiger partial charge in [-0.1, -0.05) is 0 Å². The largest absolute Gasteiger partial charge is 0.300 e. The van der Waals surface area contributed by atoms with Crippen LogP contribution in [0.15, 0.2) is 0 Å². The molecule has 2 saturated heterocycles. The predicted molar refractivity (Wildman–Crippen MR) is 91.8 cm³/mol. The van der Waals surface area contributed by atoms with Gasteiger partial charge in [0.15, 0.2) is 0 Å². The highest BCUT2D eigenvalue weighted by Gasteiger charge is 2.30. The lowest BCUT2D eigenvalue weighted by Crippen LogP contribution is -2.55. The number of piperidine rings is 1. The molecule has 2 aliphatic rings. The molecule has 2 rings (SSSR count). The SMILES string of the molecule is CC(C)(C)N1CCN(C[C@H]2CCCN(C(C)(C)C)C2)CC1. The Kier molecular flexibility index (Phi) is 5.38. The number of nitrogens with zero attached hydrogens (tertiary/aromatic N) is 3. The maximum Gasteiger partial charge on any atom is 0.0126 e. The monoisotopic (exact) mass is 295 g/mol. The summed E-state index contributed by atoms with van der Waals surface area (Å²) in [6, 6.07) is 0. The van der Waals surface area contributed by atoms with Crippen molar-refractivity contribution in [1.29, 1.82) is 0 Å². The third-order valence-corrected chi connectivity index (χ3v) is 5.31. The van der Waals surface area contributed by atoms with Crippen molar-refractivity contribution in [2.75, 3.05) is 45.8 Å². The molecular formula is C18H37N3. The molecule has 0 aromatic rings. The molecule has 0 aromatic heterocycles. The van der Waals surface area contributed by atoms with E-state index in [1.165, 1.54) is 58.7 Å². The maximum atomic E-state index is 2.71. The zero-order valence-corrected chi connectivity index (χ0v) is 15.3. The van der Waals surface area contributed by atoms with Crippen LogP contribution in [-0.4, -0.2) is 71.6 Å². The van der Waals surface area contributed by atoms with Crippen LogP contribution in [0.5, 0.6) is 0 Å². The van der Waals surface area contributed by atoms with Gasteiger partial charge in [0.2, 0.25) is 0 Å². The summed E-state index contributed by atoms with van der Waals surface area (Å²) in [6.45, 7) is 23.0. The third kappa shape index (κ3) is 4.94. The zero-order chi connectivity index (χ0) is 15.7. The van der Waals surface area contributed by atoms with Crippen molar-refractivity contribution >= 4 is 0 Å². The van der Waals surface area contributed by atoms with Gasteiger partial charge in [-0.05, 0) is 66.8 Å². The van der Waals surface area contributed by atoms with E-state index >= 15 is 0 Å². The second kappa shape index (κ2) is 6.55. The minimum Gasteiger partial charge on any atom is -0.300 e. The Hall–Kier alpha value is -0.120. The molecule has 2 heterocycles. The minimum atomic E-state index is 0.333. The summed E-state index contributed by atoms with van der Waals surface area (Å²) in [6.07, 6.45) is 2.80. The normalized spacial score (nSPS) is 28.0. The van der Waals surface area contributed by atoms with E-state index < -0.39 is 0 Å². The molecule has 2 aliphatic heterocycles. The van der Waals surface area contributed by atoms with Gasteiger partial charge in [-0.15, -0.1) is 0 Å². The molecule has 0 aliphatic carbocycles. The first-order valence-electron chi connectivity index (χ1n) is 8.89. The van der Waals surface area contributed by atoms with Crippen LogP contribution in [0.1, 0.15) is 54.4 Å². The van der Waals surface area contributed by atoms with Crippen LogP contribution in [0.3, 0.4) is 0 Å². The first-order chi connectivity index (χ1) is 9.66. The molecular weight excluding hydrogens is 258 g/mol. The molecule has 0 saturated carbocycles. The van der Waals surface area contributed by atoms with Crippen molar-refractivity contribution in [3.05, 3.63) is 0 Å².